The minimum Gasteiger partial charge on any atom is -0.369 e. The van der Waals surface area contributed by atoms with Crippen LogP contribution in [0.5, 0.6) is 0 Å². The van der Waals surface area contributed by atoms with Gasteiger partial charge in [-0.3, -0.25) is 0 Å². The first-order chi connectivity index (χ1) is 6.58. The Kier molecular flexibility index (Phi) is 5.25. The minimum atomic E-state index is -0.684. The van der Waals surface area contributed by atoms with Gasteiger partial charge in [0, 0.05) is 11.6 Å². The van der Waals surface area contributed by atoms with Crippen molar-refractivity contribution in [3.63, 3.8) is 0 Å². The van der Waals surface area contributed by atoms with Crippen LogP contribution in [0.1, 0.15) is 5.56 Å². The van der Waals surface area contributed by atoms with E-state index in [2.05, 4.69) is 10.2 Å². The molecule has 1 aromatic rings. The lowest BCUT2D eigenvalue weighted by molar-refractivity contribution is 0.583. The molecule has 0 unspecified atom stereocenters. The highest BCUT2D eigenvalue weighted by atomic mass is 35.5. The van der Waals surface area contributed by atoms with Crippen molar-refractivity contribution in [2.75, 3.05) is 0 Å². The molecule has 0 fully saturated rings. The first kappa shape index (κ1) is 13.3. The van der Waals surface area contributed by atoms with Crippen LogP contribution >= 0.6 is 12.4 Å². The molecular weight excluding hydrogens is 226 g/mol. The maximum absolute atomic E-state index is 12.6. The highest BCUT2D eigenvalue weighted by Crippen LogP contribution is 2.05. The maximum atomic E-state index is 12.6. The molecule has 0 aliphatic carbocycles. The Bertz CT molecular complexity index is 368. The number of rotatable bonds is 2. The van der Waals surface area contributed by atoms with E-state index in [0.717, 1.165) is 24.4 Å². The van der Waals surface area contributed by atoms with Crippen molar-refractivity contribution in [1.29, 1.82) is 0 Å². The predicted molar refractivity (Wildman–Crippen MR) is 57.0 cm³/mol. The summed E-state index contributed by atoms with van der Waals surface area (Å²) in [7, 11) is 0. The molecule has 0 amide bonds. The van der Waals surface area contributed by atoms with E-state index in [9.17, 15) is 8.78 Å². The lowest BCUT2D eigenvalue weighted by Crippen LogP contribution is -2.21. The third kappa shape index (κ3) is 4.92. The van der Waals surface area contributed by atoms with Crippen molar-refractivity contribution < 1.29 is 8.78 Å². The number of hydrogen-bond donors (Lipinski definition) is 2. The summed E-state index contributed by atoms with van der Waals surface area (Å²) in [6, 6.07) is 2.97. The van der Waals surface area contributed by atoms with E-state index in [0.29, 0.717) is 0 Å². The van der Waals surface area contributed by atoms with Crippen molar-refractivity contribution in [2.45, 2.75) is 0 Å². The van der Waals surface area contributed by atoms with Crippen molar-refractivity contribution in [3.8, 4) is 0 Å². The Morgan fingerprint density at radius 1 is 1.13 bits per heavy atom. The fourth-order valence-electron chi connectivity index (χ4n) is 0.812. The Labute approximate surface area is 91.1 Å². The molecule has 4 N–H and O–H groups in total. The molecule has 7 heteroatoms. The Morgan fingerprint density at radius 3 is 2.13 bits per heavy atom. The van der Waals surface area contributed by atoms with Crippen molar-refractivity contribution in [3.05, 3.63) is 35.4 Å². The normalized spacial score (nSPS) is 9.73. The van der Waals surface area contributed by atoms with Crippen LogP contribution in [0.3, 0.4) is 0 Å². The number of benzene rings is 1. The number of nitrogens with zero attached hydrogens (tertiary/aromatic N) is 2. The second-order valence-corrected chi connectivity index (χ2v) is 2.47. The van der Waals surface area contributed by atoms with E-state index >= 15 is 0 Å². The summed E-state index contributed by atoms with van der Waals surface area (Å²) in [5.41, 5.74) is 10.2. The van der Waals surface area contributed by atoms with Gasteiger partial charge in [-0.15, -0.1) is 17.5 Å². The number of guanidine groups is 1. The van der Waals surface area contributed by atoms with Crippen LogP contribution in [-0.2, 0) is 0 Å². The van der Waals surface area contributed by atoms with Crippen LogP contribution in [0.25, 0.3) is 0 Å². The highest BCUT2D eigenvalue weighted by molar-refractivity contribution is 5.85. The Hall–Kier alpha value is -1.69. The second kappa shape index (κ2) is 5.92. The molecule has 0 aliphatic rings. The average Bonchev–Trinajstić information content (AvgIpc) is 2.01. The molecule has 82 valence electrons. The van der Waals surface area contributed by atoms with E-state index in [1.165, 1.54) is 0 Å². The van der Waals surface area contributed by atoms with Gasteiger partial charge in [0.1, 0.15) is 11.6 Å². The summed E-state index contributed by atoms with van der Waals surface area (Å²) >= 11 is 0. The fraction of sp³-hybridized carbons (Fsp3) is 0. The zero-order valence-electron chi connectivity index (χ0n) is 7.52. The van der Waals surface area contributed by atoms with E-state index in [4.69, 9.17) is 11.5 Å². The summed E-state index contributed by atoms with van der Waals surface area (Å²) in [6.07, 6.45) is 1.14. The van der Waals surface area contributed by atoms with Gasteiger partial charge in [-0.2, -0.15) is 5.10 Å². The van der Waals surface area contributed by atoms with Gasteiger partial charge in [-0.05, 0) is 12.1 Å². The third-order valence-electron chi connectivity index (χ3n) is 1.26. The molecule has 0 saturated heterocycles. The van der Waals surface area contributed by atoms with Crippen LogP contribution in [0, 0.1) is 11.6 Å². The second-order valence-electron chi connectivity index (χ2n) is 2.47. The van der Waals surface area contributed by atoms with Gasteiger partial charge in [-0.1, -0.05) is 0 Å². The number of nitrogens with two attached hydrogens (primary N) is 2. The molecule has 1 rings (SSSR count). The molecule has 4 nitrogen and oxygen atoms in total. The predicted octanol–water partition coefficient (Wildman–Crippen LogP) is 0.994. The first-order valence-electron chi connectivity index (χ1n) is 3.66. The fourth-order valence-corrected chi connectivity index (χ4v) is 0.812. The Balaban J connectivity index is 0.00000196. The van der Waals surface area contributed by atoms with Crippen LogP contribution < -0.4 is 11.5 Å². The monoisotopic (exact) mass is 234 g/mol. The van der Waals surface area contributed by atoms with Crippen LogP contribution in [0.2, 0.25) is 0 Å². The van der Waals surface area contributed by atoms with E-state index < -0.39 is 11.6 Å². The third-order valence-corrected chi connectivity index (χ3v) is 1.26. The van der Waals surface area contributed by atoms with Crippen molar-refractivity contribution in [2.24, 2.45) is 21.7 Å². The van der Waals surface area contributed by atoms with Gasteiger partial charge in [0.25, 0.3) is 0 Å². The quantitative estimate of drug-likeness (QED) is 0.455. The topological polar surface area (TPSA) is 76.8 Å². The summed E-state index contributed by atoms with van der Waals surface area (Å²) in [6.45, 7) is 0. The summed E-state index contributed by atoms with van der Waals surface area (Å²) < 4.78 is 25.3. The van der Waals surface area contributed by atoms with Crippen molar-refractivity contribution >= 4 is 24.6 Å². The van der Waals surface area contributed by atoms with Crippen molar-refractivity contribution in [1.82, 2.24) is 0 Å². The molecule has 0 atom stereocenters. The lowest BCUT2D eigenvalue weighted by atomic mass is 10.2. The van der Waals surface area contributed by atoms with Crippen LogP contribution in [-0.4, -0.2) is 12.2 Å². The molecule has 0 spiro atoms. The van der Waals surface area contributed by atoms with Gasteiger partial charge < -0.3 is 11.5 Å². The molecule has 0 aliphatic heterocycles. The smallest absolute Gasteiger partial charge is 0.211 e. The van der Waals surface area contributed by atoms with E-state index in [-0.39, 0.29) is 23.9 Å². The molecule has 0 bridgehead atoms. The average molecular weight is 235 g/mol. The molecular formula is C8H9ClF2N4. The summed E-state index contributed by atoms with van der Waals surface area (Å²) in [5.74, 6) is -1.59. The van der Waals surface area contributed by atoms with Gasteiger partial charge in [-0.25, -0.2) is 8.78 Å². The highest BCUT2D eigenvalue weighted by Gasteiger charge is 1.97. The maximum Gasteiger partial charge on any atom is 0.211 e. The van der Waals surface area contributed by atoms with Crippen LogP contribution in [0.4, 0.5) is 8.78 Å². The zero-order chi connectivity index (χ0) is 10.6. The molecule has 0 saturated carbocycles. The van der Waals surface area contributed by atoms with Crippen LogP contribution in [0.15, 0.2) is 28.4 Å². The number of hydrogen-bond acceptors (Lipinski definition) is 2. The van der Waals surface area contributed by atoms with E-state index in [1.807, 2.05) is 0 Å². The number of halogens is 3. The lowest BCUT2D eigenvalue weighted by Gasteiger charge is -1.93. The molecule has 0 radical (unpaired) electrons. The zero-order valence-corrected chi connectivity index (χ0v) is 8.34. The van der Waals surface area contributed by atoms with Gasteiger partial charge >= 0.3 is 0 Å². The summed E-state index contributed by atoms with van der Waals surface area (Å²) in [4.78, 5) is 0. The van der Waals surface area contributed by atoms with Gasteiger partial charge in [0.15, 0.2) is 0 Å². The first-order valence-corrected chi connectivity index (χ1v) is 3.66. The minimum absolute atomic E-state index is 0. The van der Waals surface area contributed by atoms with Gasteiger partial charge in [0.2, 0.25) is 5.96 Å². The largest absolute Gasteiger partial charge is 0.369 e. The SMILES string of the molecule is Cl.NC(N)=NN=Cc1cc(F)cc(F)c1. The molecule has 15 heavy (non-hydrogen) atoms. The molecule has 0 heterocycles. The van der Waals surface area contributed by atoms with Gasteiger partial charge in [0.05, 0.1) is 6.21 Å². The standard InChI is InChI=1S/C8H8F2N4.ClH/c9-6-1-5(2-7(10)3-6)4-13-14-8(11)12;/h1-4H,(H4,11,12,14);1H. The molecule has 1 aromatic carbocycles. The molecule has 0 aromatic heterocycles. The Morgan fingerprint density at radius 2 is 1.67 bits per heavy atom. The van der Waals surface area contributed by atoms with E-state index in [1.54, 1.807) is 0 Å². The summed E-state index contributed by atoms with van der Waals surface area (Å²) in [5, 5.41) is 6.68.